The normalized spacial score (nSPS) is 26.7. The zero-order chi connectivity index (χ0) is 12.1. The second kappa shape index (κ2) is 6.10. The van der Waals surface area contributed by atoms with Crippen molar-refractivity contribution in [3.63, 3.8) is 0 Å². The highest BCUT2D eigenvalue weighted by atomic mass is 14.9. The van der Waals surface area contributed by atoms with Gasteiger partial charge in [-0.15, -0.1) is 0 Å². The monoisotopic (exact) mass is 233 g/mol. The molecular formula is C14H23N3. The van der Waals surface area contributed by atoms with Crippen LogP contribution in [0.5, 0.6) is 0 Å². The molecule has 0 bridgehead atoms. The van der Waals surface area contributed by atoms with E-state index in [1.54, 1.807) is 12.4 Å². The van der Waals surface area contributed by atoms with Crippen molar-refractivity contribution in [1.82, 2.24) is 15.3 Å². The summed E-state index contributed by atoms with van der Waals surface area (Å²) in [5.41, 5.74) is 1.04. The minimum atomic E-state index is 0.304. The van der Waals surface area contributed by atoms with Crippen molar-refractivity contribution in [2.75, 3.05) is 6.54 Å². The quantitative estimate of drug-likeness (QED) is 0.869. The Morgan fingerprint density at radius 3 is 2.88 bits per heavy atom. The second-order valence-electron chi connectivity index (χ2n) is 5.28. The lowest BCUT2D eigenvalue weighted by Crippen LogP contribution is -2.31. The van der Waals surface area contributed by atoms with Crippen molar-refractivity contribution in [2.24, 2.45) is 11.8 Å². The molecule has 1 aliphatic carbocycles. The molecule has 0 aromatic carbocycles. The molecule has 1 aliphatic rings. The molecule has 3 nitrogen and oxygen atoms in total. The first-order valence-corrected chi connectivity index (χ1v) is 6.76. The van der Waals surface area contributed by atoms with Gasteiger partial charge in [-0.3, -0.25) is 9.97 Å². The Hall–Kier alpha value is -0.960. The van der Waals surface area contributed by atoms with Crippen molar-refractivity contribution >= 4 is 0 Å². The van der Waals surface area contributed by atoms with Crippen LogP contribution in [0.2, 0.25) is 0 Å². The molecule has 0 spiro atoms. The molecule has 1 N–H and O–H groups in total. The van der Waals surface area contributed by atoms with Crippen LogP contribution in [0.15, 0.2) is 18.6 Å². The molecular weight excluding hydrogens is 210 g/mol. The van der Waals surface area contributed by atoms with Gasteiger partial charge in [0.25, 0.3) is 0 Å². The summed E-state index contributed by atoms with van der Waals surface area (Å²) in [5.74, 6) is 1.70. The topological polar surface area (TPSA) is 37.8 Å². The Balaban J connectivity index is 1.81. The molecule has 1 heterocycles. The molecule has 1 fully saturated rings. The largest absolute Gasteiger partial charge is 0.309 e. The van der Waals surface area contributed by atoms with Gasteiger partial charge in [0.2, 0.25) is 0 Å². The summed E-state index contributed by atoms with van der Waals surface area (Å²) in [6.07, 6.45) is 10.9. The van der Waals surface area contributed by atoms with E-state index in [-0.39, 0.29) is 0 Å². The summed E-state index contributed by atoms with van der Waals surface area (Å²) in [5, 5.41) is 3.60. The van der Waals surface area contributed by atoms with Gasteiger partial charge in [-0.25, -0.2) is 0 Å². The van der Waals surface area contributed by atoms with Crippen molar-refractivity contribution in [3.05, 3.63) is 24.3 Å². The molecule has 94 valence electrons. The van der Waals surface area contributed by atoms with E-state index < -0.39 is 0 Å². The smallest absolute Gasteiger partial charge is 0.0753 e. The third kappa shape index (κ3) is 3.50. The lowest BCUT2D eigenvalue weighted by Gasteiger charge is -2.30. The Morgan fingerprint density at radius 1 is 1.35 bits per heavy atom. The minimum absolute atomic E-state index is 0.304. The maximum atomic E-state index is 4.34. The maximum Gasteiger partial charge on any atom is 0.0753 e. The Kier molecular flexibility index (Phi) is 4.49. The van der Waals surface area contributed by atoms with Gasteiger partial charge >= 0.3 is 0 Å². The minimum Gasteiger partial charge on any atom is -0.309 e. The van der Waals surface area contributed by atoms with E-state index in [4.69, 9.17) is 0 Å². The van der Waals surface area contributed by atoms with Crippen LogP contribution < -0.4 is 5.32 Å². The molecule has 1 aromatic heterocycles. The van der Waals surface area contributed by atoms with Crippen molar-refractivity contribution in [1.29, 1.82) is 0 Å². The first-order valence-electron chi connectivity index (χ1n) is 6.76. The molecule has 17 heavy (non-hydrogen) atoms. The van der Waals surface area contributed by atoms with Crippen LogP contribution >= 0.6 is 0 Å². The Labute approximate surface area is 104 Å². The summed E-state index contributed by atoms with van der Waals surface area (Å²) in [4.78, 5) is 8.45. The highest BCUT2D eigenvalue weighted by molar-refractivity contribution is 5.00. The maximum absolute atomic E-state index is 4.34. The summed E-state index contributed by atoms with van der Waals surface area (Å²) in [7, 11) is 0. The van der Waals surface area contributed by atoms with Crippen LogP contribution in [0, 0.1) is 11.8 Å². The van der Waals surface area contributed by atoms with Crippen LogP contribution in [0.3, 0.4) is 0 Å². The van der Waals surface area contributed by atoms with E-state index in [1.165, 1.54) is 25.7 Å². The fourth-order valence-electron chi connectivity index (χ4n) is 2.66. The second-order valence-corrected chi connectivity index (χ2v) is 5.28. The Morgan fingerprint density at radius 2 is 2.18 bits per heavy atom. The van der Waals surface area contributed by atoms with Gasteiger partial charge < -0.3 is 5.32 Å². The number of nitrogens with zero attached hydrogens (tertiary/aromatic N) is 2. The van der Waals surface area contributed by atoms with E-state index in [9.17, 15) is 0 Å². The number of hydrogen-bond acceptors (Lipinski definition) is 3. The molecule has 0 aliphatic heterocycles. The molecule has 3 unspecified atom stereocenters. The molecule has 1 aromatic rings. The van der Waals surface area contributed by atoms with Gasteiger partial charge in [-0.05, 0) is 31.7 Å². The SMILES string of the molecule is CC(NCC1CCCCC1C)c1cnccn1. The van der Waals surface area contributed by atoms with E-state index >= 15 is 0 Å². The molecule has 0 saturated heterocycles. The molecule has 0 amide bonds. The van der Waals surface area contributed by atoms with Gasteiger partial charge in [0, 0.05) is 24.6 Å². The summed E-state index contributed by atoms with van der Waals surface area (Å²) >= 11 is 0. The fourth-order valence-corrected chi connectivity index (χ4v) is 2.66. The highest BCUT2D eigenvalue weighted by Crippen LogP contribution is 2.29. The van der Waals surface area contributed by atoms with Crippen LogP contribution in [-0.2, 0) is 0 Å². The van der Waals surface area contributed by atoms with Gasteiger partial charge in [-0.2, -0.15) is 0 Å². The van der Waals surface area contributed by atoms with Gasteiger partial charge in [0.15, 0.2) is 0 Å². The van der Waals surface area contributed by atoms with E-state index in [0.717, 1.165) is 24.1 Å². The fraction of sp³-hybridized carbons (Fsp3) is 0.714. The van der Waals surface area contributed by atoms with E-state index in [0.29, 0.717) is 6.04 Å². The van der Waals surface area contributed by atoms with E-state index in [1.807, 2.05) is 6.20 Å². The molecule has 1 saturated carbocycles. The predicted octanol–water partition coefficient (Wildman–Crippen LogP) is 2.95. The summed E-state index contributed by atoms with van der Waals surface area (Å²) < 4.78 is 0. The average molecular weight is 233 g/mol. The first-order chi connectivity index (χ1) is 8.27. The summed E-state index contributed by atoms with van der Waals surface area (Å²) in [6, 6.07) is 0.304. The lowest BCUT2D eigenvalue weighted by molar-refractivity contribution is 0.242. The standard InChI is InChI=1S/C14H23N3/c1-11-5-3-4-6-13(11)9-17-12(2)14-10-15-7-8-16-14/h7-8,10-13,17H,3-6,9H2,1-2H3. The van der Waals surface area contributed by atoms with Crippen LogP contribution in [0.1, 0.15) is 51.3 Å². The third-order valence-electron chi connectivity index (χ3n) is 4.00. The number of nitrogens with one attached hydrogen (secondary N) is 1. The zero-order valence-electron chi connectivity index (χ0n) is 10.9. The summed E-state index contributed by atoms with van der Waals surface area (Å²) in [6.45, 7) is 5.66. The average Bonchev–Trinajstić information content (AvgIpc) is 2.38. The molecule has 2 rings (SSSR count). The number of rotatable bonds is 4. The van der Waals surface area contributed by atoms with E-state index in [2.05, 4.69) is 29.1 Å². The van der Waals surface area contributed by atoms with Crippen molar-refractivity contribution in [3.8, 4) is 0 Å². The predicted molar refractivity (Wildman–Crippen MR) is 69.6 cm³/mol. The third-order valence-corrected chi connectivity index (χ3v) is 4.00. The molecule has 3 atom stereocenters. The number of hydrogen-bond donors (Lipinski definition) is 1. The number of aromatic nitrogens is 2. The molecule has 0 radical (unpaired) electrons. The van der Waals surface area contributed by atoms with Crippen molar-refractivity contribution < 1.29 is 0 Å². The lowest BCUT2D eigenvalue weighted by atomic mass is 9.80. The van der Waals surface area contributed by atoms with Gasteiger partial charge in [0.1, 0.15) is 0 Å². The van der Waals surface area contributed by atoms with Crippen molar-refractivity contribution in [2.45, 2.75) is 45.6 Å². The molecule has 3 heteroatoms. The first kappa shape index (κ1) is 12.5. The highest BCUT2D eigenvalue weighted by Gasteiger charge is 2.21. The Bertz CT molecular complexity index is 325. The zero-order valence-corrected chi connectivity index (χ0v) is 10.9. The van der Waals surface area contributed by atoms with Crippen LogP contribution in [-0.4, -0.2) is 16.5 Å². The van der Waals surface area contributed by atoms with Gasteiger partial charge in [-0.1, -0.05) is 26.2 Å². The van der Waals surface area contributed by atoms with Gasteiger partial charge in [0.05, 0.1) is 5.69 Å². The van der Waals surface area contributed by atoms with Crippen LogP contribution in [0.4, 0.5) is 0 Å². The van der Waals surface area contributed by atoms with Crippen LogP contribution in [0.25, 0.3) is 0 Å².